The van der Waals surface area contributed by atoms with E-state index >= 15 is 0 Å². The van der Waals surface area contributed by atoms with Crippen LogP contribution in [0.25, 0.3) is 0 Å². The summed E-state index contributed by atoms with van der Waals surface area (Å²) < 4.78 is 64.7. The lowest BCUT2D eigenvalue weighted by atomic mass is 9.97. The number of alkyl halides is 3. The summed E-state index contributed by atoms with van der Waals surface area (Å²) in [7, 11) is -4.17. The molecule has 1 aromatic carbocycles. The predicted octanol–water partition coefficient (Wildman–Crippen LogP) is 1.05. The van der Waals surface area contributed by atoms with Crippen molar-refractivity contribution in [1.29, 1.82) is 0 Å². The maximum Gasteiger partial charge on any atom is 0.416 e. The van der Waals surface area contributed by atoms with Crippen LogP contribution >= 0.6 is 0 Å². The van der Waals surface area contributed by atoms with Gasteiger partial charge in [0, 0.05) is 19.1 Å². The van der Waals surface area contributed by atoms with Gasteiger partial charge in [-0.1, -0.05) is 6.07 Å². The number of nitrogens with one attached hydrogen (secondary N) is 2. The smallest absolute Gasteiger partial charge is 0.416 e. The fourth-order valence-corrected chi connectivity index (χ4v) is 3.64. The Morgan fingerprint density at radius 3 is 2.61 bits per heavy atom. The lowest BCUT2D eigenvalue weighted by Crippen LogP contribution is -2.50. The molecule has 0 spiro atoms. The minimum absolute atomic E-state index is 0.0700. The fourth-order valence-electron chi connectivity index (χ4n) is 2.35. The summed E-state index contributed by atoms with van der Waals surface area (Å²) in [6.45, 7) is 0.430. The lowest BCUT2D eigenvalue weighted by Gasteiger charge is -2.28. The van der Waals surface area contributed by atoms with Crippen LogP contribution in [0.4, 0.5) is 13.2 Å². The molecule has 1 aliphatic rings. The Hall–Kier alpha value is -1.65. The third-order valence-electron chi connectivity index (χ3n) is 3.49. The number of carboxylic acid groups (broad SMARTS) is 1. The first-order chi connectivity index (χ1) is 10.6. The monoisotopic (exact) mass is 352 g/mol. The van der Waals surface area contributed by atoms with Crippen molar-refractivity contribution in [2.24, 2.45) is 5.92 Å². The number of hydrogen-bond acceptors (Lipinski definition) is 4. The summed E-state index contributed by atoms with van der Waals surface area (Å²) in [5.74, 6) is -1.81. The summed E-state index contributed by atoms with van der Waals surface area (Å²) in [6, 6.07) is 2.69. The summed E-state index contributed by atoms with van der Waals surface area (Å²) >= 11 is 0. The standard InChI is InChI=1S/C13H15F3N2O4S/c14-13(15,16)9-2-1-3-11(5-9)23(21,22)18-10-4-8(12(19)20)6-17-7-10/h1-3,5,8,10,17-18H,4,6-7H2,(H,19,20). The second kappa shape index (κ2) is 6.46. The first-order valence-electron chi connectivity index (χ1n) is 6.73. The van der Waals surface area contributed by atoms with Crippen LogP contribution in [-0.2, 0) is 21.0 Å². The van der Waals surface area contributed by atoms with Gasteiger partial charge in [0.1, 0.15) is 0 Å². The highest BCUT2D eigenvalue weighted by Crippen LogP contribution is 2.30. The maximum absolute atomic E-state index is 12.7. The van der Waals surface area contributed by atoms with Gasteiger partial charge in [-0.2, -0.15) is 13.2 Å². The number of carboxylic acids is 1. The molecule has 1 heterocycles. The van der Waals surface area contributed by atoms with Crippen molar-refractivity contribution in [3.8, 4) is 0 Å². The predicted molar refractivity (Wildman–Crippen MR) is 74.2 cm³/mol. The molecule has 128 valence electrons. The zero-order chi connectivity index (χ0) is 17.3. The quantitative estimate of drug-likeness (QED) is 0.753. The Morgan fingerprint density at radius 1 is 1.30 bits per heavy atom. The Morgan fingerprint density at radius 2 is 2.00 bits per heavy atom. The molecule has 2 unspecified atom stereocenters. The van der Waals surface area contributed by atoms with Crippen LogP contribution in [-0.4, -0.2) is 38.6 Å². The van der Waals surface area contributed by atoms with E-state index in [0.717, 1.165) is 18.2 Å². The third kappa shape index (κ3) is 4.43. The molecule has 3 N–H and O–H groups in total. The molecule has 2 atom stereocenters. The van der Waals surface area contributed by atoms with Gasteiger partial charge < -0.3 is 10.4 Å². The number of aliphatic carboxylic acids is 1. The largest absolute Gasteiger partial charge is 0.481 e. The van der Waals surface area contributed by atoms with Crippen LogP contribution in [0, 0.1) is 5.92 Å². The van der Waals surface area contributed by atoms with Crippen LogP contribution in [0.2, 0.25) is 0 Å². The number of carbonyl (C=O) groups is 1. The molecule has 0 aliphatic carbocycles. The third-order valence-corrected chi connectivity index (χ3v) is 5.01. The van der Waals surface area contributed by atoms with Crippen LogP contribution in [0.3, 0.4) is 0 Å². The van der Waals surface area contributed by atoms with E-state index in [0.29, 0.717) is 6.07 Å². The van der Waals surface area contributed by atoms with Gasteiger partial charge in [-0.3, -0.25) is 4.79 Å². The molecule has 0 amide bonds. The molecular weight excluding hydrogens is 337 g/mol. The normalized spacial score (nSPS) is 22.7. The van der Waals surface area contributed by atoms with E-state index in [4.69, 9.17) is 5.11 Å². The SMILES string of the molecule is O=C(O)C1CNCC(NS(=O)(=O)c2cccc(C(F)(F)F)c2)C1. The van der Waals surface area contributed by atoms with Gasteiger partial charge in [-0.25, -0.2) is 13.1 Å². The molecule has 6 nitrogen and oxygen atoms in total. The van der Waals surface area contributed by atoms with Crippen molar-refractivity contribution in [1.82, 2.24) is 10.0 Å². The van der Waals surface area contributed by atoms with Crippen LogP contribution in [0.1, 0.15) is 12.0 Å². The first kappa shape index (κ1) is 17.7. The zero-order valence-corrected chi connectivity index (χ0v) is 12.6. The number of hydrogen-bond donors (Lipinski definition) is 3. The number of halogens is 3. The minimum atomic E-state index is -4.65. The average Bonchev–Trinajstić information content (AvgIpc) is 2.46. The van der Waals surface area contributed by atoms with Gasteiger partial charge in [0.25, 0.3) is 0 Å². The van der Waals surface area contributed by atoms with E-state index in [9.17, 15) is 26.4 Å². The molecule has 0 radical (unpaired) electrons. The first-order valence-corrected chi connectivity index (χ1v) is 8.21. The molecule has 0 bridgehead atoms. The molecule has 0 aromatic heterocycles. The molecule has 1 fully saturated rings. The van der Waals surface area contributed by atoms with E-state index in [2.05, 4.69) is 10.0 Å². The van der Waals surface area contributed by atoms with E-state index in [1.165, 1.54) is 0 Å². The molecule has 1 aromatic rings. The van der Waals surface area contributed by atoms with Gasteiger partial charge in [-0.15, -0.1) is 0 Å². The van der Waals surface area contributed by atoms with Gasteiger partial charge in [0.2, 0.25) is 10.0 Å². The van der Waals surface area contributed by atoms with E-state index in [1.807, 2.05) is 0 Å². The summed E-state index contributed by atoms with van der Waals surface area (Å²) in [4.78, 5) is 10.4. The Balaban J connectivity index is 2.17. The lowest BCUT2D eigenvalue weighted by molar-refractivity contribution is -0.142. The van der Waals surface area contributed by atoms with Crippen molar-refractivity contribution in [2.45, 2.75) is 23.5 Å². The summed E-state index contributed by atoms with van der Waals surface area (Å²) in [6.07, 6.45) is -4.58. The minimum Gasteiger partial charge on any atom is -0.481 e. The maximum atomic E-state index is 12.7. The highest BCUT2D eigenvalue weighted by molar-refractivity contribution is 7.89. The highest BCUT2D eigenvalue weighted by atomic mass is 32.2. The van der Waals surface area contributed by atoms with Gasteiger partial charge in [0.15, 0.2) is 0 Å². The summed E-state index contributed by atoms with van der Waals surface area (Å²) in [5.41, 5.74) is -1.06. The van der Waals surface area contributed by atoms with E-state index in [-0.39, 0.29) is 19.5 Å². The Bertz CT molecular complexity index is 691. The van der Waals surface area contributed by atoms with Crippen molar-refractivity contribution < 1.29 is 31.5 Å². The molecule has 10 heteroatoms. The Kier molecular flexibility index (Phi) is 4.97. The van der Waals surface area contributed by atoms with Gasteiger partial charge in [-0.05, 0) is 24.6 Å². The number of piperidine rings is 1. The van der Waals surface area contributed by atoms with Gasteiger partial charge >= 0.3 is 12.1 Å². The average molecular weight is 352 g/mol. The zero-order valence-electron chi connectivity index (χ0n) is 11.8. The van der Waals surface area contributed by atoms with Crippen LogP contribution < -0.4 is 10.0 Å². The second-order valence-corrected chi connectivity index (χ2v) is 6.99. The topological polar surface area (TPSA) is 95.5 Å². The highest BCUT2D eigenvalue weighted by Gasteiger charge is 2.33. The van der Waals surface area contributed by atoms with Crippen molar-refractivity contribution >= 4 is 16.0 Å². The van der Waals surface area contributed by atoms with Crippen LogP contribution in [0.5, 0.6) is 0 Å². The van der Waals surface area contributed by atoms with Crippen molar-refractivity contribution in [3.05, 3.63) is 29.8 Å². The van der Waals surface area contributed by atoms with Crippen molar-refractivity contribution in [2.75, 3.05) is 13.1 Å². The second-order valence-electron chi connectivity index (χ2n) is 5.27. The van der Waals surface area contributed by atoms with Crippen molar-refractivity contribution in [3.63, 3.8) is 0 Å². The summed E-state index contributed by atoms with van der Waals surface area (Å²) in [5, 5.41) is 11.7. The molecule has 2 rings (SSSR count). The van der Waals surface area contributed by atoms with Gasteiger partial charge in [0.05, 0.1) is 16.4 Å². The number of rotatable bonds is 4. The van der Waals surface area contributed by atoms with E-state index < -0.39 is 44.6 Å². The fraction of sp³-hybridized carbons (Fsp3) is 0.462. The molecule has 1 saturated heterocycles. The number of sulfonamides is 1. The molecule has 23 heavy (non-hydrogen) atoms. The molecule has 0 saturated carbocycles. The van der Waals surface area contributed by atoms with E-state index in [1.54, 1.807) is 0 Å². The molecular formula is C13H15F3N2O4S. The van der Waals surface area contributed by atoms with Crippen LogP contribution in [0.15, 0.2) is 29.2 Å². The Labute approximate surface area is 130 Å². The number of benzene rings is 1. The molecule has 1 aliphatic heterocycles.